The van der Waals surface area contributed by atoms with Crippen molar-refractivity contribution < 1.29 is 9.90 Å². The third kappa shape index (κ3) is 3.37. The molecule has 0 saturated heterocycles. The van der Waals surface area contributed by atoms with E-state index >= 15 is 0 Å². The van der Waals surface area contributed by atoms with Crippen molar-refractivity contribution in [3.63, 3.8) is 0 Å². The van der Waals surface area contributed by atoms with Crippen LogP contribution in [0.2, 0.25) is 0 Å². The molecule has 1 amide bonds. The van der Waals surface area contributed by atoms with Crippen molar-refractivity contribution in [3.8, 4) is 5.69 Å². The maximum atomic E-state index is 12.3. The number of rotatable bonds is 3. The van der Waals surface area contributed by atoms with Gasteiger partial charge in [0.05, 0.1) is 17.8 Å². The number of amides is 1. The SMILES string of the molecule is Cc1ccc(-n2[nH]c(C(=O)NC3CCCCC3O)cc2=O)cc1. The van der Waals surface area contributed by atoms with E-state index in [-0.39, 0.29) is 23.2 Å². The van der Waals surface area contributed by atoms with Gasteiger partial charge in [-0.15, -0.1) is 0 Å². The van der Waals surface area contributed by atoms with E-state index in [0.717, 1.165) is 24.8 Å². The molecule has 3 rings (SSSR count). The van der Waals surface area contributed by atoms with Gasteiger partial charge in [-0.1, -0.05) is 30.5 Å². The summed E-state index contributed by atoms with van der Waals surface area (Å²) in [4.78, 5) is 24.4. The Bertz CT molecular complexity index is 745. The second-order valence-electron chi connectivity index (χ2n) is 6.11. The number of nitrogens with zero attached hydrogens (tertiary/aromatic N) is 1. The summed E-state index contributed by atoms with van der Waals surface area (Å²) in [5.74, 6) is -0.362. The summed E-state index contributed by atoms with van der Waals surface area (Å²) in [6.07, 6.45) is 2.91. The standard InChI is InChI=1S/C17H21N3O3/c1-11-6-8-12(9-7-11)20-16(22)10-14(19-20)17(23)18-13-4-2-3-5-15(13)21/h6-10,13,15,19,21H,2-5H2,1H3,(H,18,23). The van der Waals surface area contributed by atoms with Crippen molar-refractivity contribution in [2.24, 2.45) is 0 Å². The van der Waals surface area contributed by atoms with Crippen LogP contribution in [0.4, 0.5) is 0 Å². The van der Waals surface area contributed by atoms with Crippen LogP contribution in [0.1, 0.15) is 41.7 Å². The summed E-state index contributed by atoms with van der Waals surface area (Å²) >= 11 is 0. The second-order valence-corrected chi connectivity index (χ2v) is 6.11. The topological polar surface area (TPSA) is 87.1 Å². The molecule has 1 aliphatic carbocycles. The van der Waals surface area contributed by atoms with Gasteiger partial charge >= 0.3 is 0 Å². The average Bonchev–Trinajstić information content (AvgIpc) is 2.92. The highest BCUT2D eigenvalue weighted by atomic mass is 16.3. The van der Waals surface area contributed by atoms with Crippen molar-refractivity contribution in [3.05, 3.63) is 51.9 Å². The smallest absolute Gasteiger partial charge is 0.271 e. The molecule has 2 unspecified atom stereocenters. The van der Waals surface area contributed by atoms with Crippen molar-refractivity contribution >= 4 is 5.91 Å². The minimum Gasteiger partial charge on any atom is -0.391 e. The van der Waals surface area contributed by atoms with Crippen LogP contribution in [0.5, 0.6) is 0 Å². The fourth-order valence-electron chi connectivity index (χ4n) is 2.92. The molecule has 0 aliphatic heterocycles. The Kier molecular flexibility index (Phi) is 4.34. The zero-order chi connectivity index (χ0) is 16.4. The molecule has 2 aromatic rings. The maximum Gasteiger partial charge on any atom is 0.271 e. The molecular weight excluding hydrogens is 294 g/mol. The van der Waals surface area contributed by atoms with Crippen LogP contribution < -0.4 is 10.9 Å². The number of carbonyl (C=O) groups excluding carboxylic acids is 1. The highest BCUT2D eigenvalue weighted by Gasteiger charge is 2.25. The van der Waals surface area contributed by atoms with Crippen molar-refractivity contribution in [1.82, 2.24) is 15.1 Å². The van der Waals surface area contributed by atoms with Crippen LogP contribution in [0, 0.1) is 6.92 Å². The number of nitrogens with one attached hydrogen (secondary N) is 2. The quantitative estimate of drug-likeness (QED) is 0.802. The van der Waals surface area contributed by atoms with Gasteiger partial charge in [0.2, 0.25) is 0 Å². The first kappa shape index (κ1) is 15.6. The first-order valence-corrected chi connectivity index (χ1v) is 7.92. The maximum absolute atomic E-state index is 12.3. The van der Waals surface area contributed by atoms with Gasteiger partial charge in [0.15, 0.2) is 0 Å². The van der Waals surface area contributed by atoms with E-state index in [1.54, 1.807) is 0 Å². The molecule has 1 saturated carbocycles. The normalized spacial score (nSPS) is 21.1. The first-order chi connectivity index (χ1) is 11.0. The molecule has 0 radical (unpaired) electrons. The molecule has 2 atom stereocenters. The van der Waals surface area contributed by atoms with E-state index in [2.05, 4.69) is 10.4 Å². The molecule has 6 nitrogen and oxygen atoms in total. The number of aliphatic hydroxyl groups excluding tert-OH is 1. The molecule has 3 N–H and O–H groups in total. The van der Waals surface area contributed by atoms with E-state index in [1.807, 2.05) is 31.2 Å². The number of H-pyrrole nitrogens is 1. The number of benzene rings is 1. The number of aliphatic hydroxyl groups is 1. The fourth-order valence-corrected chi connectivity index (χ4v) is 2.92. The number of aromatic amines is 1. The lowest BCUT2D eigenvalue weighted by Crippen LogP contribution is -2.45. The number of carbonyl (C=O) groups is 1. The predicted molar refractivity (Wildman–Crippen MR) is 86.9 cm³/mol. The summed E-state index contributed by atoms with van der Waals surface area (Å²) in [5.41, 5.74) is 1.69. The number of hydrogen-bond acceptors (Lipinski definition) is 3. The molecule has 1 aliphatic rings. The first-order valence-electron chi connectivity index (χ1n) is 7.92. The molecule has 1 aromatic carbocycles. The van der Waals surface area contributed by atoms with Gasteiger partial charge in [-0.25, -0.2) is 4.68 Å². The Morgan fingerprint density at radius 1 is 1.26 bits per heavy atom. The second kappa shape index (κ2) is 6.42. The van der Waals surface area contributed by atoms with Gasteiger partial charge in [0, 0.05) is 6.07 Å². The Morgan fingerprint density at radius 3 is 2.65 bits per heavy atom. The van der Waals surface area contributed by atoms with E-state index in [4.69, 9.17) is 0 Å². The highest BCUT2D eigenvalue weighted by molar-refractivity contribution is 5.92. The number of hydrogen-bond donors (Lipinski definition) is 3. The Labute approximate surface area is 134 Å². The highest BCUT2D eigenvalue weighted by Crippen LogP contribution is 2.18. The van der Waals surface area contributed by atoms with Gasteiger partial charge in [0.25, 0.3) is 11.5 Å². The lowest BCUT2D eigenvalue weighted by Gasteiger charge is -2.28. The summed E-state index contributed by atoms with van der Waals surface area (Å²) in [5, 5.41) is 15.6. The molecule has 23 heavy (non-hydrogen) atoms. The van der Waals surface area contributed by atoms with E-state index in [1.165, 1.54) is 10.7 Å². The van der Waals surface area contributed by atoms with Crippen molar-refractivity contribution in [1.29, 1.82) is 0 Å². The molecule has 122 valence electrons. The predicted octanol–water partition coefficient (Wildman–Crippen LogP) is 1.51. The van der Waals surface area contributed by atoms with Crippen LogP contribution in [-0.2, 0) is 0 Å². The Hall–Kier alpha value is -2.34. The van der Waals surface area contributed by atoms with Crippen molar-refractivity contribution in [2.45, 2.75) is 44.8 Å². The molecule has 1 aromatic heterocycles. The minimum absolute atomic E-state index is 0.202. The summed E-state index contributed by atoms with van der Waals surface area (Å²) in [7, 11) is 0. The molecular formula is C17H21N3O3. The lowest BCUT2D eigenvalue weighted by atomic mass is 9.92. The van der Waals surface area contributed by atoms with Gasteiger partial charge in [-0.3, -0.25) is 14.7 Å². The lowest BCUT2D eigenvalue weighted by molar-refractivity contribution is 0.0713. The van der Waals surface area contributed by atoms with E-state index < -0.39 is 6.10 Å². The van der Waals surface area contributed by atoms with Crippen LogP contribution in [0.15, 0.2) is 35.1 Å². The molecule has 1 heterocycles. The van der Waals surface area contributed by atoms with Crippen LogP contribution in [-0.4, -0.2) is 32.9 Å². The van der Waals surface area contributed by atoms with Gasteiger partial charge in [-0.2, -0.15) is 0 Å². The summed E-state index contributed by atoms with van der Waals surface area (Å²) in [6.45, 7) is 1.97. The number of aromatic nitrogens is 2. The number of aryl methyl sites for hydroxylation is 1. The Morgan fingerprint density at radius 2 is 1.96 bits per heavy atom. The van der Waals surface area contributed by atoms with E-state index in [9.17, 15) is 14.7 Å². The third-order valence-corrected chi connectivity index (χ3v) is 4.30. The summed E-state index contributed by atoms with van der Waals surface area (Å²) < 4.78 is 1.34. The van der Waals surface area contributed by atoms with Crippen LogP contribution in [0.25, 0.3) is 5.69 Å². The van der Waals surface area contributed by atoms with Gasteiger partial charge < -0.3 is 10.4 Å². The zero-order valence-corrected chi connectivity index (χ0v) is 13.1. The minimum atomic E-state index is -0.515. The van der Waals surface area contributed by atoms with Gasteiger partial charge in [0.1, 0.15) is 5.69 Å². The zero-order valence-electron chi connectivity index (χ0n) is 13.1. The van der Waals surface area contributed by atoms with E-state index in [0.29, 0.717) is 12.1 Å². The van der Waals surface area contributed by atoms with Crippen LogP contribution >= 0.6 is 0 Å². The average molecular weight is 315 g/mol. The largest absolute Gasteiger partial charge is 0.391 e. The Balaban J connectivity index is 1.78. The fraction of sp³-hybridized carbons (Fsp3) is 0.412. The van der Waals surface area contributed by atoms with Gasteiger partial charge in [-0.05, 0) is 31.9 Å². The molecule has 0 spiro atoms. The molecule has 0 bridgehead atoms. The molecule has 1 fully saturated rings. The third-order valence-electron chi connectivity index (χ3n) is 4.30. The monoisotopic (exact) mass is 315 g/mol. The molecule has 6 heteroatoms. The van der Waals surface area contributed by atoms with Crippen molar-refractivity contribution in [2.75, 3.05) is 0 Å². The summed E-state index contributed by atoms with van der Waals surface area (Å²) in [6, 6.07) is 8.48. The van der Waals surface area contributed by atoms with Crippen LogP contribution in [0.3, 0.4) is 0 Å².